The maximum absolute atomic E-state index is 4.67. The summed E-state index contributed by atoms with van der Waals surface area (Å²) in [5.41, 5.74) is 6.64. The largest absolute Gasteiger partial charge is 0.333 e. The fourth-order valence-electron chi connectivity index (χ4n) is 2.47. The van der Waals surface area contributed by atoms with E-state index in [9.17, 15) is 0 Å². The zero-order valence-corrected chi connectivity index (χ0v) is 12.3. The van der Waals surface area contributed by atoms with Crippen molar-refractivity contribution in [2.24, 2.45) is 7.05 Å². The van der Waals surface area contributed by atoms with Crippen molar-refractivity contribution in [3.63, 3.8) is 0 Å². The highest BCUT2D eigenvalue weighted by Crippen LogP contribution is 2.32. The SMILES string of the molecule is CSc1nc2c(-c3c(C)nn(C)c3C)cccc2[nH]1. The molecule has 3 rings (SSSR count). The number of aryl methyl sites for hydroxylation is 2. The van der Waals surface area contributed by atoms with Gasteiger partial charge in [0.05, 0.1) is 16.7 Å². The smallest absolute Gasteiger partial charge is 0.166 e. The van der Waals surface area contributed by atoms with Crippen LogP contribution < -0.4 is 0 Å². The summed E-state index contributed by atoms with van der Waals surface area (Å²) in [6.07, 6.45) is 2.03. The minimum atomic E-state index is 0.946. The van der Waals surface area contributed by atoms with Gasteiger partial charge in [0.1, 0.15) is 0 Å². The number of imidazole rings is 1. The minimum Gasteiger partial charge on any atom is -0.333 e. The Labute approximate surface area is 116 Å². The number of hydrogen-bond acceptors (Lipinski definition) is 3. The maximum Gasteiger partial charge on any atom is 0.166 e. The predicted molar refractivity (Wildman–Crippen MR) is 79.6 cm³/mol. The summed E-state index contributed by atoms with van der Waals surface area (Å²) in [5, 5.41) is 5.44. The molecule has 0 aliphatic heterocycles. The summed E-state index contributed by atoms with van der Waals surface area (Å²) in [5.74, 6) is 0. The van der Waals surface area contributed by atoms with Gasteiger partial charge in [-0.15, -0.1) is 0 Å². The van der Waals surface area contributed by atoms with E-state index in [0.717, 1.165) is 27.4 Å². The van der Waals surface area contributed by atoms with E-state index < -0.39 is 0 Å². The molecule has 0 fully saturated rings. The van der Waals surface area contributed by atoms with Crippen LogP contribution in [0.3, 0.4) is 0 Å². The second kappa shape index (κ2) is 4.42. The second-order valence-electron chi connectivity index (χ2n) is 4.62. The molecule has 0 aliphatic rings. The third kappa shape index (κ3) is 1.85. The molecular weight excluding hydrogens is 256 g/mol. The van der Waals surface area contributed by atoms with E-state index >= 15 is 0 Å². The molecule has 0 amide bonds. The molecule has 5 heteroatoms. The van der Waals surface area contributed by atoms with Crippen molar-refractivity contribution in [3.8, 4) is 11.1 Å². The summed E-state index contributed by atoms with van der Waals surface area (Å²) in [6.45, 7) is 4.14. The predicted octanol–water partition coefficient (Wildman–Crippen LogP) is 3.30. The first-order chi connectivity index (χ1) is 9.11. The van der Waals surface area contributed by atoms with Crippen LogP contribution in [0.1, 0.15) is 11.4 Å². The third-order valence-corrected chi connectivity index (χ3v) is 4.04. The van der Waals surface area contributed by atoms with Crippen LogP contribution >= 0.6 is 11.8 Å². The van der Waals surface area contributed by atoms with Gasteiger partial charge in [0.15, 0.2) is 5.16 Å². The number of nitrogens with zero attached hydrogens (tertiary/aromatic N) is 3. The fraction of sp³-hybridized carbons (Fsp3) is 0.286. The van der Waals surface area contributed by atoms with E-state index in [0.29, 0.717) is 0 Å². The number of aromatic nitrogens is 4. The van der Waals surface area contributed by atoms with Crippen LogP contribution in [0.2, 0.25) is 0 Å². The zero-order chi connectivity index (χ0) is 13.6. The molecule has 3 aromatic rings. The lowest BCUT2D eigenvalue weighted by atomic mass is 10.0. The van der Waals surface area contributed by atoms with Gasteiger partial charge in [-0.3, -0.25) is 4.68 Å². The third-order valence-electron chi connectivity index (χ3n) is 3.46. The van der Waals surface area contributed by atoms with Crippen molar-refractivity contribution in [2.45, 2.75) is 19.0 Å². The molecule has 0 saturated carbocycles. The van der Waals surface area contributed by atoms with Crippen LogP contribution in [0.25, 0.3) is 22.2 Å². The van der Waals surface area contributed by atoms with E-state index in [1.54, 1.807) is 11.8 Å². The molecule has 0 aliphatic carbocycles. The Morgan fingerprint density at radius 1 is 1.26 bits per heavy atom. The summed E-state index contributed by atoms with van der Waals surface area (Å²) in [7, 11) is 1.98. The number of hydrogen-bond donors (Lipinski definition) is 1. The number of fused-ring (bicyclic) bond motifs is 1. The van der Waals surface area contributed by atoms with E-state index in [1.807, 2.05) is 24.9 Å². The number of aromatic amines is 1. The van der Waals surface area contributed by atoms with Crippen molar-refractivity contribution < 1.29 is 0 Å². The Hall–Kier alpha value is -1.75. The van der Waals surface area contributed by atoms with Gasteiger partial charge in [-0.2, -0.15) is 5.10 Å². The highest BCUT2D eigenvalue weighted by molar-refractivity contribution is 7.98. The molecule has 2 aromatic heterocycles. The lowest BCUT2D eigenvalue weighted by Crippen LogP contribution is -1.92. The van der Waals surface area contributed by atoms with Gasteiger partial charge >= 0.3 is 0 Å². The molecule has 0 atom stereocenters. The number of nitrogens with one attached hydrogen (secondary N) is 1. The molecule has 0 unspecified atom stereocenters. The summed E-state index contributed by atoms with van der Waals surface area (Å²) in [6, 6.07) is 6.24. The van der Waals surface area contributed by atoms with Gasteiger partial charge in [-0.25, -0.2) is 4.98 Å². The van der Waals surface area contributed by atoms with Gasteiger partial charge in [0.2, 0.25) is 0 Å². The fourth-order valence-corrected chi connectivity index (χ4v) is 2.87. The monoisotopic (exact) mass is 272 g/mol. The Morgan fingerprint density at radius 3 is 2.68 bits per heavy atom. The highest BCUT2D eigenvalue weighted by Gasteiger charge is 2.16. The van der Waals surface area contributed by atoms with E-state index in [1.165, 1.54) is 11.3 Å². The molecule has 19 heavy (non-hydrogen) atoms. The first-order valence-electron chi connectivity index (χ1n) is 6.15. The van der Waals surface area contributed by atoms with Gasteiger partial charge in [0.25, 0.3) is 0 Å². The molecule has 4 nitrogen and oxygen atoms in total. The topological polar surface area (TPSA) is 46.5 Å². The lowest BCUT2D eigenvalue weighted by molar-refractivity contribution is 0.731. The maximum atomic E-state index is 4.67. The van der Waals surface area contributed by atoms with E-state index in [-0.39, 0.29) is 0 Å². The van der Waals surface area contributed by atoms with Crippen LogP contribution in [-0.2, 0) is 7.05 Å². The van der Waals surface area contributed by atoms with Crippen molar-refractivity contribution in [2.75, 3.05) is 6.26 Å². The van der Waals surface area contributed by atoms with Crippen LogP contribution in [0.15, 0.2) is 23.4 Å². The van der Waals surface area contributed by atoms with Crippen LogP contribution in [-0.4, -0.2) is 26.0 Å². The Balaban J connectivity index is 2.33. The average molecular weight is 272 g/mol. The summed E-state index contributed by atoms with van der Waals surface area (Å²) >= 11 is 1.62. The van der Waals surface area contributed by atoms with Gasteiger partial charge in [-0.05, 0) is 26.2 Å². The van der Waals surface area contributed by atoms with Crippen molar-refractivity contribution in [1.29, 1.82) is 0 Å². The van der Waals surface area contributed by atoms with Gasteiger partial charge in [0, 0.05) is 23.9 Å². The first-order valence-corrected chi connectivity index (χ1v) is 7.37. The summed E-state index contributed by atoms with van der Waals surface area (Å²) < 4.78 is 1.92. The quantitative estimate of drug-likeness (QED) is 0.728. The first kappa shape index (κ1) is 12.3. The molecule has 0 bridgehead atoms. The molecule has 1 N–H and O–H groups in total. The number of benzene rings is 1. The van der Waals surface area contributed by atoms with Crippen molar-refractivity contribution in [3.05, 3.63) is 29.6 Å². The molecule has 0 saturated heterocycles. The molecule has 1 aromatic carbocycles. The van der Waals surface area contributed by atoms with Gasteiger partial charge < -0.3 is 4.98 Å². The molecule has 2 heterocycles. The van der Waals surface area contributed by atoms with Crippen LogP contribution in [0, 0.1) is 13.8 Å². The molecular formula is C14H16N4S. The second-order valence-corrected chi connectivity index (χ2v) is 5.41. The average Bonchev–Trinajstić information content (AvgIpc) is 2.91. The molecule has 98 valence electrons. The molecule has 0 radical (unpaired) electrons. The minimum absolute atomic E-state index is 0.946. The number of thioether (sulfide) groups is 1. The van der Waals surface area contributed by atoms with Crippen molar-refractivity contribution >= 4 is 22.8 Å². The van der Waals surface area contributed by atoms with E-state index in [2.05, 4.69) is 40.2 Å². The van der Waals surface area contributed by atoms with E-state index in [4.69, 9.17) is 0 Å². The Bertz CT molecular complexity index is 754. The normalized spacial score (nSPS) is 11.4. The number of para-hydroxylation sites is 1. The van der Waals surface area contributed by atoms with Crippen LogP contribution in [0.4, 0.5) is 0 Å². The lowest BCUT2D eigenvalue weighted by Gasteiger charge is -2.03. The molecule has 0 spiro atoms. The number of rotatable bonds is 2. The summed E-state index contributed by atoms with van der Waals surface area (Å²) in [4.78, 5) is 8.00. The Kier molecular flexibility index (Phi) is 2.86. The highest BCUT2D eigenvalue weighted by atomic mass is 32.2. The zero-order valence-electron chi connectivity index (χ0n) is 11.5. The van der Waals surface area contributed by atoms with Crippen molar-refractivity contribution in [1.82, 2.24) is 19.7 Å². The standard InChI is InChI=1S/C14H16N4S/c1-8-12(9(2)18(3)17-8)10-6-5-7-11-13(10)16-14(15-11)19-4/h5-7H,1-4H3,(H,15,16). The Morgan fingerprint density at radius 2 is 2.05 bits per heavy atom. The van der Waals surface area contributed by atoms with Gasteiger partial charge in [-0.1, -0.05) is 23.9 Å². The van der Waals surface area contributed by atoms with Crippen LogP contribution in [0.5, 0.6) is 0 Å². The number of H-pyrrole nitrogens is 1.